The van der Waals surface area contributed by atoms with Crippen molar-refractivity contribution < 1.29 is 0 Å². The quantitative estimate of drug-likeness (QED) is 0.636. The molecule has 0 unspecified atom stereocenters. The molecule has 0 fully saturated rings. The Morgan fingerprint density at radius 3 is 1.60 bits per heavy atom. The van der Waals surface area contributed by atoms with E-state index >= 15 is 0 Å². The van der Waals surface area contributed by atoms with Gasteiger partial charge in [-0.3, -0.25) is 0 Å². The van der Waals surface area contributed by atoms with Gasteiger partial charge in [0.05, 0.1) is 0 Å². The first-order valence-corrected chi connectivity index (χ1v) is 5.46. The first-order valence-electron chi connectivity index (χ1n) is 5.46. The van der Waals surface area contributed by atoms with Gasteiger partial charge >= 0.3 is 0 Å². The first kappa shape index (κ1) is 11.9. The van der Waals surface area contributed by atoms with E-state index in [4.69, 9.17) is 6.42 Å². The van der Waals surface area contributed by atoms with Gasteiger partial charge in [0.15, 0.2) is 0 Å². The molecule has 1 rings (SSSR count). The Hall–Kier alpha value is -1.22. The summed E-state index contributed by atoms with van der Waals surface area (Å²) in [5.74, 6) is 2.47. The van der Waals surface area contributed by atoms with Gasteiger partial charge in [-0.1, -0.05) is 5.92 Å². The third-order valence-corrected chi connectivity index (χ3v) is 3.66. The fourth-order valence-electron chi connectivity index (χ4n) is 2.14. The summed E-state index contributed by atoms with van der Waals surface area (Å²) >= 11 is 0. The molecule has 79 valence electrons. The summed E-state index contributed by atoms with van der Waals surface area (Å²) in [7, 11) is 0. The molecule has 1 radical (unpaired) electrons. The zero-order chi connectivity index (χ0) is 11.6. The Morgan fingerprint density at radius 1 is 0.800 bits per heavy atom. The van der Waals surface area contributed by atoms with E-state index in [2.05, 4.69) is 40.5 Å². The van der Waals surface area contributed by atoms with Crippen LogP contribution < -0.4 is 0 Å². The Morgan fingerprint density at radius 2 is 1.20 bits per heavy atom. The smallest absolute Gasteiger partial charge is 0.0140 e. The Bertz CT molecular complexity index is 388. The molecule has 0 heterocycles. The van der Waals surface area contributed by atoms with Gasteiger partial charge in [0.25, 0.3) is 0 Å². The highest BCUT2D eigenvalue weighted by molar-refractivity contribution is 5.49. The predicted molar refractivity (Wildman–Crippen MR) is 65.6 cm³/mol. The normalized spacial score (nSPS) is 10.1. The van der Waals surface area contributed by atoms with Gasteiger partial charge < -0.3 is 0 Å². The van der Waals surface area contributed by atoms with Crippen molar-refractivity contribution in [3.8, 4) is 5.92 Å². The zero-order valence-corrected chi connectivity index (χ0v) is 10.4. The second kappa shape index (κ2) is 4.53. The largest absolute Gasteiger partial charge is 0.0888 e. The Balaban J connectivity index is 3.33. The minimum absolute atomic E-state index is 0.726. The summed E-state index contributed by atoms with van der Waals surface area (Å²) in [6, 6.07) is 0. The second-order valence-electron chi connectivity index (χ2n) is 4.28. The van der Waals surface area contributed by atoms with E-state index in [9.17, 15) is 0 Å². The number of hydrogen-bond donors (Lipinski definition) is 0. The van der Waals surface area contributed by atoms with Gasteiger partial charge in [0.2, 0.25) is 0 Å². The topological polar surface area (TPSA) is 0 Å². The van der Waals surface area contributed by atoms with E-state index in [0.717, 1.165) is 12.8 Å². The lowest BCUT2D eigenvalue weighted by Gasteiger charge is -2.18. The number of hydrogen-bond acceptors (Lipinski definition) is 0. The molecule has 0 saturated heterocycles. The SMILES string of the molecule is [C]#CCCc1c(C)c(C)c(C)c(C)c1C. The van der Waals surface area contributed by atoms with Gasteiger partial charge in [0.1, 0.15) is 0 Å². The molecule has 0 saturated carbocycles. The van der Waals surface area contributed by atoms with Crippen molar-refractivity contribution in [3.05, 3.63) is 39.8 Å². The van der Waals surface area contributed by atoms with Crippen LogP contribution in [0.25, 0.3) is 0 Å². The molecule has 15 heavy (non-hydrogen) atoms. The molecule has 1 aromatic carbocycles. The zero-order valence-electron chi connectivity index (χ0n) is 10.4. The molecule has 0 nitrogen and oxygen atoms in total. The van der Waals surface area contributed by atoms with Crippen LogP contribution in [0.1, 0.15) is 39.8 Å². The van der Waals surface area contributed by atoms with E-state index in [1.807, 2.05) is 0 Å². The van der Waals surface area contributed by atoms with E-state index in [1.165, 1.54) is 33.4 Å². The molecule has 0 N–H and O–H groups in total. The van der Waals surface area contributed by atoms with Crippen molar-refractivity contribution in [1.29, 1.82) is 0 Å². The molecule has 0 aliphatic heterocycles. The minimum atomic E-state index is 0.726. The van der Waals surface area contributed by atoms with Crippen molar-refractivity contribution >= 4 is 0 Å². The van der Waals surface area contributed by atoms with E-state index in [1.54, 1.807) is 0 Å². The van der Waals surface area contributed by atoms with Crippen molar-refractivity contribution in [2.24, 2.45) is 0 Å². The predicted octanol–water partition coefficient (Wildman–Crippen LogP) is 3.75. The molecule has 0 bridgehead atoms. The lowest BCUT2D eigenvalue weighted by atomic mass is 9.88. The van der Waals surface area contributed by atoms with Crippen LogP contribution in [-0.2, 0) is 6.42 Å². The second-order valence-corrected chi connectivity index (χ2v) is 4.28. The third kappa shape index (κ3) is 2.07. The highest BCUT2D eigenvalue weighted by atomic mass is 14.2. The lowest BCUT2D eigenvalue weighted by Crippen LogP contribution is -2.02. The van der Waals surface area contributed by atoms with Crippen LogP contribution in [0.2, 0.25) is 0 Å². The van der Waals surface area contributed by atoms with Gasteiger partial charge in [0, 0.05) is 6.42 Å². The molecule has 0 aromatic heterocycles. The Labute approximate surface area is 93.7 Å². The van der Waals surface area contributed by atoms with E-state index in [0.29, 0.717) is 0 Å². The monoisotopic (exact) mass is 199 g/mol. The van der Waals surface area contributed by atoms with Gasteiger partial charge in [-0.05, 0) is 80.8 Å². The van der Waals surface area contributed by atoms with Gasteiger partial charge in [-0.2, -0.15) is 0 Å². The standard InChI is InChI=1S/C15H19/c1-7-8-9-15-13(5)11(3)10(2)12(4)14(15)6/h8-9H2,2-6H3. The van der Waals surface area contributed by atoms with Crippen molar-refractivity contribution in [3.63, 3.8) is 0 Å². The van der Waals surface area contributed by atoms with Crippen LogP contribution in [0.5, 0.6) is 0 Å². The molecule has 1 aromatic rings. The molecule has 0 aliphatic rings. The van der Waals surface area contributed by atoms with Crippen molar-refractivity contribution in [1.82, 2.24) is 0 Å². The van der Waals surface area contributed by atoms with Crippen LogP contribution in [0.3, 0.4) is 0 Å². The van der Waals surface area contributed by atoms with Crippen LogP contribution in [0.4, 0.5) is 0 Å². The van der Waals surface area contributed by atoms with Crippen LogP contribution in [0.15, 0.2) is 0 Å². The number of benzene rings is 1. The summed E-state index contributed by atoms with van der Waals surface area (Å²) in [6.45, 7) is 10.9. The lowest BCUT2D eigenvalue weighted by molar-refractivity contribution is 0.972. The van der Waals surface area contributed by atoms with Crippen molar-refractivity contribution in [2.75, 3.05) is 0 Å². The fourth-order valence-corrected chi connectivity index (χ4v) is 2.14. The van der Waals surface area contributed by atoms with Crippen molar-refractivity contribution in [2.45, 2.75) is 47.5 Å². The van der Waals surface area contributed by atoms with Gasteiger partial charge in [-0.25, -0.2) is 0 Å². The summed E-state index contributed by atoms with van der Waals surface area (Å²) in [6.07, 6.45) is 8.67. The summed E-state index contributed by atoms with van der Waals surface area (Å²) < 4.78 is 0. The van der Waals surface area contributed by atoms with E-state index < -0.39 is 0 Å². The first-order chi connectivity index (χ1) is 7.00. The molecule has 0 spiro atoms. The van der Waals surface area contributed by atoms with Crippen LogP contribution in [-0.4, -0.2) is 0 Å². The molecule has 0 aliphatic carbocycles. The maximum atomic E-state index is 6.99. The average Bonchev–Trinajstić information content (AvgIpc) is 2.24. The van der Waals surface area contributed by atoms with Crippen LogP contribution in [0, 0.1) is 47.0 Å². The molecule has 0 heteroatoms. The maximum absolute atomic E-state index is 6.99. The fraction of sp³-hybridized carbons (Fsp3) is 0.467. The molecular weight excluding hydrogens is 180 g/mol. The molecular formula is C15H19. The number of rotatable bonds is 2. The van der Waals surface area contributed by atoms with E-state index in [-0.39, 0.29) is 0 Å². The third-order valence-electron chi connectivity index (χ3n) is 3.66. The summed E-state index contributed by atoms with van der Waals surface area (Å²) in [5, 5.41) is 0. The molecule has 0 amide bonds. The average molecular weight is 199 g/mol. The summed E-state index contributed by atoms with van der Waals surface area (Å²) in [4.78, 5) is 0. The van der Waals surface area contributed by atoms with Crippen LogP contribution >= 0.6 is 0 Å². The highest BCUT2D eigenvalue weighted by Gasteiger charge is 2.11. The summed E-state index contributed by atoms with van der Waals surface area (Å²) in [5.41, 5.74) is 8.41. The van der Waals surface area contributed by atoms with Gasteiger partial charge in [-0.15, -0.1) is 0 Å². The maximum Gasteiger partial charge on any atom is 0.0140 e. The minimum Gasteiger partial charge on any atom is -0.0888 e. The highest BCUT2D eigenvalue weighted by Crippen LogP contribution is 2.26. The Kier molecular flexibility index (Phi) is 3.58. The molecule has 0 atom stereocenters.